The largest absolute Gasteiger partial charge is 0.407 e. The Hall–Kier alpha value is -1.40. The van der Waals surface area contributed by atoms with Crippen molar-refractivity contribution >= 4 is 17.4 Å². The molecular weight excluding hydrogens is 272 g/mol. The summed E-state index contributed by atoms with van der Waals surface area (Å²) in [5.74, 6) is 0.651. The van der Waals surface area contributed by atoms with Gasteiger partial charge in [-0.1, -0.05) is 5.10 Å². The topological polar surface area (TPSA) is 63.0 Å². The Morgan fingerprint density at radius 2 is 2.25 bits per heavy atom. The van der Waals surface area contributed by atoms with Crippen molar-refractivity contribution in [1.29, 1.82) is 0 Å². The first-order valence-corrected chi connectivity index (χ1v) is 7.88. The zero-order valence-electron chi connectivity index (χ0n) is 11.8. The number of aromatic nitrogens is 2. The first kappa shape index (κ1) is 13.6. The van der Waals surface area contributed by atoms with Crippen LogP contribution in [0.4, 0.5) is 6.01 Å². The Morgan fingerprint density at radius 1 is 1.40 bits per heavy atom. The molecular formula is C14H20N4OS. The summed E-state index contributed by atoms with van der Waals surface area (Å²) in [5, 5.41) is 14.7. The lowest BCUT2D eigenvalue weighted by Crippen LogP contribution is -2.17. The molecule has 0 saturated heterocycles. The molecule has 1 atom stereocenters. The van der Waals surface area contributed by atoms with Gasteiger partial charge < -0.3 is 15.1 Å². The molecule has 0 amide bonds. The van der Waals surface area contributed by atoms with E-state index in [0.29, 0.717) is 24.5 Å². The fraction of sp³-hybridized carbons (Fsp3) is 0.571. The molecule has 2 heterocycles. The van der Waals surface area contributed by atoms with Gasteiger partial charge in [-0.2, -0.15) is 0 Å². The van der Waals surface area contributed by atoms with Crippen molar-refractivity contribution in [1.82, 2.24) is 15.5 Å². The first-order valence-electron chi connectivity index (χ1n) is 7.06. The molecule has 6 heteroatoms. The van der Waals surface area contributed by atoms with Gasteiger partial charge in [0.2, 0.25) is 5.89 Å². The van der Waals surface area contributed by atoms with Crippen LogP contribution in [0, 0.1) is 6.92 Å². The van der Waals surface area contributed by atoms with Crippen LogP contribution >= 0.6 is 11.3 Å². The van der Waals surface area contributed by atoms with E-state index in [-0.39, 0.29) is 6.04 Å². The summed E-state index contributed by atoms with van der Waals surface area (Å²) in [4.78, 5) is 2.72. The van der Waals surface area contributed by atoms with Crippen molar-refractivity contribution in [3.8, 4) is 0 Å². The van der Waals surface area contributed by atoms with Crippen LogP contribution in [0.25, 0.3) is 0 Å². The summed E-state index contributed by atoms with van der Waals surface area (Å²) in [6.45, 7) is 4.92. The maximum absolute atomic E-state index is 5.58. The van der Waals surface area contributed by atoms with E-state index in [9.17, 15) is 0 Å². The summed E-state index contributed by atoms with van der Waals surface area (Å²) in [6.07, 6.45) is 3.49. The molecule has 1 fully saturated rings. The number of hydrogen-bond donors (Lipinski definition) is 2. The molecule has 0 spiro atoms. The number of aryl methyl sites for hydroxylation is 1. The zero-order chi connectivity index (χ0) is 13.9. The van der Waals surface area contributed by atoms with Crippen LogP contribution < -0.4 is 10.6 Å². The molecule has 1 aliphatic carbocycles. The molecule has 1 saturated carbocycles. The Kier molecular flexibility index (Phi) is 4.03. The third kappa shape index (κ3) is 3.80. The maximum Gasteiger partial charge on any atom is 0.315 e. The van der Waals surface area contributed by atoms with E-state index in [1.807, 2.05) is 11.3 Å². The Labute approximate surface area is 122 Å². The summed E-state index contributed by atoms with van der Waals surface area (Å²) in [6, 6.07) is 5.77. The second kappa shape index (κ2) is 5.93. The van der Waals surface area contributed by atoms with E-state index in [2.05, 4.69) is 46.8 Å². The predicted molar refractivity (Wildman–Crippen MR) is 80.0 cm³/mol. The molecule has 20 heavy (non-hydrogen) atoms. The van der Waals surface area contributed by atoms with E-state index in [4.69, 9.17) is 4.42 Å². The number of thiophene rings is 1. The molecule has 0 aromatic carbocycles. The number of hydrogen-bond acceptors (Lipinski definition) is 6. The normalized spacial score (nSPS) is 16.3. The summed E-state index contributed by atoms with van der Waals surface area (Å²) < 4.78 is 5.58. The van der Waals surface area contributed by atoms with E-state index in [0.717, 1.165) is 6.42 Å². The maximum atomic E-state index is 5.58. The summed E-state index contributed by atoms with van der Waals surface area (Å²) >= 11 is 1.83. The van der Waals surface area contributed by atoms with Gasteiger partial charge in [0.1, 0.15) is 0 Å². The molecule has 3 rings (SSSR count). The fourth-order valence-corrected chi connectivity index (χ4v) is 3.08. The number of anilines is 1. The van der Waals surface area contributed by atoms with Crippen molar-refractivity contribution in [2.75, 3.05) is 5.32 Å². The fourth-order valence-electron chi connectivity index (χ4n) is 2.06. The van der Waals surface area contributed by atoms with Crippen LogP contribution in [0.1, 0.15) is 35.4 Å². The third-order valence-electron chi connectivity index (χ3n) is 3.26. The number of nitrogens with one attached hydrogen (secondary N) is 2. The van der Waals surface area contributed by atoms with Gasteiger partial charge in [-0.3, -0.25) is 0 Å². The van der Waals surface area contributed by atoms with Crippen LogP contribution in [0.15, 0.2) is 16.5 Å². The highest BCUT2D eigenvalue weighted by Crippen LogP contribution is 2.20. The van der Waals surface area contributed by atoms with Gasteiger partial charge >= 0.3 is 6.01 Å². The van der Waals surface area contributed by atoms with Crippen LogP contribution in [0.2, 0.25) is 0 Å². The average Bonchev–Trinajstić information content (AvgIpc) is 3.00. The van der Waals surface area contributed by atoms with E-state index >= 15 is 0 Å². The number of rotatable bonds is 7. The third-order valence-corrected chi connectivity index (χ3v) is 4.28. The molecule has 0 bridgehead atoms. The highest BCUT2D eigenvalue weighted by molar-refractivity contribution is 7.11. The standard InChI is InChI=1S/C14H20N4OS/c1-9(7-12-6-3-10(2)20-12)16-14-18-17-13(19-14)8-15-11-4-5-11/h3,6,9,11,15H,4-5,7-8H2,1-2H3,(H,16,18). The van der Waals surface area contributed by atoms with Crippen molar-refractivity contribution in [2.45, 2.75) is 51.7 Å². The van der Waals surface area contributed by atoms with Gasteiger partial charge in [0.15, 0.2) is 0 Å². The average molecular weight is 292 g/mol. The lowest BCUT2D eigenvalue weighted by molar-refractivity contribution is 0.472. The van der Waals surface area contributed by atoms with Gasteiger partial charge in [0, 0.05) is 28.3 Å². The molecule has 108 valence electrons. The minimum Gasteiger partial charge on any atom is -0.407 e. The molecule has 2 aromatic rings. The predicted octanol–water partition coefficient (Wildman–Crippen LogP) is 2.73. The molecule has 1 aliphatic rings. The van der Waals surface area contributed by atoms with Crippen molar-refractivity contribution < 1.29 is 4.42 Å². The van der Waals surface area contributed by atoms with E-state index in [1.54, 1.807) is 0 Å². The van der Waals surface area contributed by atoms with Gasteiger partial charge in [-0.25, -0.2) is 0 Å². The SMILES string of the molecule is Cc1ccc(CC(C)Nc2nnc(CNC3CC3)o2)s1. The molecule has 2 aromatic heterocycles. The second-order valence-electron chi connectivity index (χ2n) is 5.42. The monoisotopic (exact) mass is 292 g/mol. The molecule has 5 nitrogen and oxygen atoms in total. The molecule has 0 aliphatic heterocycles. The van der Waals surface area contributed by atoms with Crippen molar-refractivity contribution in [2.24, 2.45) is 0 Å². The minimum atomic E-state index is 0.276. The summed E-state index contributed by atoms with van der Waals surface area (Å²) in [5.41, 5.74) is 0. The summed E-state index contributed by atoms with van der Waals surface area (Å²) in [7, 11) is 0. The lowest BCUT2D eigenvalue weighted by atomic mass is 10.2. The van der Waals surface area contributed by atoms with E-state index < -0.39 is 0 Å². The zero-order valence-corrected chi connectivity index (χ0v) is 12.7. The van der Waals surface area contributed by atoms with Crippen LogP contribution in [0.5, 0.6) is 0 Å². The van der Waals surface area contributed by atoms with E-state index in [1.165, 1.54) is 22.6 Å². The van der Waals surface area contributed by atoms with Crippen LogP contribution in [0.3, 0.4) is 0 Å². The first-order chi connectivity index (χ1) is 9.69. The molecule has 1 unspecified atom stereocenters. The lowest BCUT2D eigenvalue weighted by Gasteiger charge is -2.09. The van der Waals surface area contributed by atoms with Crippen LogP contribution in [-0.4, -0.2) is 22.3 Å². The Balaban J connectivity index is 1.48. The number of nitrogens with zero attached hydrogens (tertiary/aromatic N) is 2. The molecule has 2 N–H and O–H groups in total. The van der Waals surface area contributed by atoms with Crippen molar-refractivity contribution in [3.63, 3.8) is 0 Å². The minimum absolute atomic E-state index is 0.276. The van der Waals surface area contributed by atoms with Gasteiger partial charge in [0.25, 0.3) is 0 Å². The Morgan fingerprint density at radius 3 is 2.95 bits per heavy atom. The van der Waals surface area contributed by atoms with Crippen molar-refractivity contribution in [3.05, 3.63) is 27.8 Å². The smallest absolute Gasteiger partial charge is 0.315 e. The Bertz CT molecular complexity index is 561. The highest BCUT2D eigenvalue weighted by atomic mass is 32.1. The quantitative estimate of drug-likeness (QED) is 0.821. The van der Waals surface area contributed by atoms with Crippen LogP contribution in [-0.2, 0) is 13.0 Å². The second-order valence-corrected chi connectivity index (χ2v) is 6.79. The van der Waals surface area contributed by atoms with Gasteiger partial charge in [0.05, 0.1) is 6.54 Å². The van der Waals surface area contributed by atoms with Gasteiger partial charge in [-0.15, -0.1) is 16.4 Å². The van der Waals surface area contributed by atoms with Gasteiger partial charge in [-0.05, 0) is 38.8 Å². The molecule has 0 radical (unpaired) electrons. The highest BCUT2D eigenvalue weighted by Gasteiger charge is 2.21.